The molecule has 0 unspecified atom stereocenters. The maximum absolute atomic E-state index is 10.8. The molecule has 0 aliphatic heterocycles. The van der Waals surface area contributed by atoms with Crippen LogP contribution < -0.4 is 0 Å². The minimum atomic E-state index is -0.753. The largest absolute Gasteiger partial charge is 0.481 e. The maximum Gasteiger partial charge on any atom is 0.309 e. The number of rotatable bonds is 2. The summed E-state index contributed by atoms with van der Waals surface area (Å²) in [5.41, 5.74) is -0.626. The highest BCUT2D eigenvalue weighted by Gasteiger charge is 2.43. The number of carbonyl (C=O) groups is 1. The van der Waals surface area contributed by atoms with Crippen molar-refractivity contribution in [1.82, 2.24) is 0 Å². The topological polar surface area (TPSA) is 57.5 Å². The van der Waals surface area contributed by atoms with Crippen molar-refractivity contribution in [2.24, 2.45) is 5.41 Å². The highest BCUT2D eigenvalue weighted by atomic mass is 16.4. The van der Waals surface area contributed by atoms with Crippen LogP contribution in [0.25, 0.3) is 0 Å². The summed E-state index contributed by atoms with van der Waals surface area (Å²) in [6.45, 7) is 1.87. The van der Waals surface area contributed by atoms with Crippen LogP contribution in [0.2, 0.25) is 0 Å². The number of hydrogen-bond acceptors (Lipinski definition) is 2. The summed E-state index contributed by atoms with van der Waals surface area (Å²) in [5, 5.41) is 18.1. The molecule has 11 heavy (non-hydrogen) atoms. The molecule has 0 aromatic heterocycles. The molecule has 0 aromatic rings. The molecule has 1 aliphatic carbocycles. The number of carboxylic acid groups (broad SMARTS) is 1. The number of aliphatic hydroxyl groups is 1. The number of aliphatic carboxylic acids is 1. The lowest BCUT2D eigenvalue weighted by molar-refractivity contribution is -0.149. The summed E-state index contributed by atoms with van der Waals surface area (Å²) in [6.07, 6.45) is 1.92. The predicted octanol–water partition coefficient (Wildman–Crippen LogP) is 1.01. The Morgan fingerprint density at radius 3 is 2.55 bits per heavy atom. The molecule has 0 bridgehead atoms. The van der Waals surface area contributed by atoms with Crippen LogP contribution in [0.4, 0.5) is 0 Å². The van der Waals surface area contributed by atoms with Gasteiger partial charge in [-0.3, -0.25) is 4.79 Å². The normalized spacial score (nSPS) is 37.5. The van der Waals surface area contributed by atoms with Gasteiger partial charge in [0.15, 0.2) is 0 Å². The van der Waals surface area contributed by atoms with E-state index in [1.807, 2.05) is 6.92 Å². The van der Waals surface area contributed by atoms with E-state index in [2.05, 4.69) is 0 Å². The molecule has 0 heterocycles. The van der Waals surface area contributed by atoms with Crippen molar-refractivity contribution in [1.29, 1.82) is 0 Å². The third-order valence-corrected chi connectivity index (χ3v) is 2.71. The van der Waals surface area contributed by atoms with Crippen LogP contribution in [-0.4, -0.2) is 22.3 Å². The minimum absolute atomic E-state index is 0.397. The third kappa shape index (κ3) is 1.38. The second-order valence-corrected chi connectivity index (χ2v) is 3.34. The zero-order valence-electron chi connectivity index (χ0n) is 6.71. The van der Waals surface area contributed by atoms with Gasteiger partial charge in [0.1, 0.15) is 0 Å². The quantitative estimate of drug-likeness (QED) is 0.630. The van der Waals surface area contributed by atoms with Gasteiger partial charge in [-0.15, -0.1) is 0 Å². The average Bonchev–Trinajstić information content (AvgIpc) is 2.33. The van der Waals surface area contributed by atoms with E-state index in [1.54, 1.807) is 0 Å². The van der Waals surface area contributed by atoms with Gasteiger partial charge in [-0.2, -0.15) is 0 Å². The first-order valence-electron chi connectivity index (χ1n) is 4.02. The van der Waals surface area contributed by atoms with Crippen molar-refractivity contribution in [3.63, 3.8) is 0 Å². The summed E-state index contributed by atoms with van der Waals surface area (Å²) in [5.74, 6) is -0.753. The Morgan fingerprint density at radius 1 is 1.73 bits per heavy atom. The highest BCUT2D eigenvalue weighted by Crippen LogP contribution is 2.41. The van der Waals surface area contributed by atoms with Gasteiger partial charge in [0, 0.05) is 0 Å². The molecular weight excluding hydrogens is 144 g/mol. The SMILES string of the molecule is CC[C@]1(C(=O)O)CC[C@H](O)C1. The lowest BCUT2D eigenvalue weighted by Crippen LogP contribution is -2.27. The van der Waals surface area contributed by atoms with E-state index in [0.717, 1.165) is 0 Å². The standard InChI is InChI=1S/C8H14O3/c1-2-8(7(10)11)4-3-6(9)5-8/h6,9H,2-5H2,1H3,(H,10,11)/t6-,8-/m0/s1. The van der Waals surface area contributed by atoms with Crippen LogP contribution in [0.3, 0.4) is 0 Å². The molecule has 64 valence electrons. The molecule has 3 nitrogen and oxygen atoms in total. The lowest BCUT2D eigenvalue weighted by atomic mass is 9.83. The molecule has 1 saturated carbocycles. The van der Waals surface area contributed by atoms with E-state index in [1.165, 1.54) is 0 Å². The van der Waals surface area contributed by atoms with E-state index >= 15 is 0 Å². The zero-order valence-corrected chi connectivity index (χ0v) is 6.71. The Labute approximate surface area is 66.0 Å². The van der Waals surface area contributed by atoms with Crippen LogP contribution >= 0.6 is 0 Å². The Bertz CT molecular complexity index is 167. The van der Waals surface area contributed by atoms with Crippen molar-refractivity contribution in [3.8, 4) is 0 Å². The fraction of sp³-hybridized carbons (Fsp3) is 0.875. The van der Waals surface area contributed by atoms with Crippen molar-refractivity contribution in [2.75, 3.05) is 0 Å². The summed E-state index contributed by atoms with van der Waals surface area (Å²) < 4.78 is 0. The van der Waals surface area contributed by atoms with E-state index in [0.29, 0.717) is 25.7 Å². The smallest absolute Gasteiger partial charge is 0.309 e. The monoisotopic (exact) mass is 158 g/mol. The maximum atomic E-state index is 10.8. The van der Waals surface area contributed by atoms with E-state index in [9.17, 15) is 9.90 Å². The van der Waals surface area contributed by atoms with E-state index in [4.69, 9.17) is 5.11 Å². The van der Waals surface area contributed by atoms with Gasteiger partial charge in [-0.1, -0.05) is 6.92 Å². The van der Waals surface area contributed by atoms with Crippen LogP contribution in [0, 0.1) is 5.41 Å². The summed E-state index contributed by atoms with van der Waals surface area (Å²) in [6, 6.07) is 0. The molecule has 1 fully saturated rings. The molecule has 0 spiro atoms. The van der Waals surface area contributed by atoms with Crippen LogP contribution in [-0.2, 0) is 4.79 Å². The van der Waals surface area contributed by atoms with Gasteiger partial charge < -0.3 is 10.2 Å². The molecule has 3 heteroatoms. The molecular formula is C8H14O3. The average molecular weight is 158 g/mol. The molecule has 1 rings (SSSR count). The fourth-order valence-electron chi connectivity index (χ4n) is 1.76. The summed E-state index contributed by atoms with van der Waals surface area (Å²) in [4.78, 5) is 10.8. The summed E-state index contributed by atoms with van der Waals surface area (Å²) in [7, 11) is 0. The van der Waals surface area contributed by atoms with Crippen molar-refractivity contribution in [3.05, 3.63) is 0 Å². The summed E-state index contributed by atoms with van der Waals surface area (Å²) >= 11 is 0. The van der Waals surface area contributed by atoms with Gasteiger partial charge in [0.2, 0.25) is 0 Å². The van der Waals surface area contributed by atoms with Crippen molar-refractivity contribution < 1.29 is 15.0 Å². The minimum Gasteiger partial charge on any atom is -0.481 e. The first-order chi connectivity index (χ1) is 5.10. The molecule has 0 saturated heterocycles. The van der Waals surface area contributed by atoms with Gasteiger partial charge in [0.05, 0.1) is 11.5 Å². The second-order valence-electron chi connectivity index (χ2n) is 3.34. The van der Waals surface area contributed by atoms with Crippen LogP contribution in [0.5, 0.6) is 0 Å². The zero-order chi connectivity index (χ0) is 8.48. The van der Waals surface area contributed by atoms with E-state index < -0.39 is 17.5 Å². The number of hydrogen-bond donors (Lipinski definition) is 2. The molecule has 1 aliphatic rings. The molecule has 2 N–H and O–H groups in total. The van der Waals surface area contributed by atoms with Crippen LogP contribution in [0.15, 0.2) is 0 Å². The van der Waals surface area contributed by atoms with Gasteiger partial charge in [0.25, 0.3) is 0 Å². The first kappa shape index (κ1) is 8.53. The van der Waals surface area contributed by atoms with Crippen molar-refractivity contribution in [2.45, 2.75) is 38.7 Å². The number of aliphatic hydroxyl groups excluding tert-OH is 1. The van der Waals surface area contributed by atoms with Gasteiger partial charge in [-0.25, -0.2) is 0 Å². The Hall–Kier alpha value is -0.570. The lowest BCUT2D eigenvalue weighted by Gasteiger charge is -2.20. The van der Waals surface area contributed by atoms with Gasteiger partial charge in [-0.05, 0) is 25.7 Å². The van der Waals surface area contributed by atoms with Crippen molar-refractivity contribution >= 4 is 5.97 Å². The van der Waals surface area contributed by atoms with Gasteiger partial charge >= 0.3 is 5.97 Å². The Balaban J connectivity index is 2.70. The fourth-order valence-corrected chi connectivity index (χ4v) is 1.76. The molecule has 0 aromatic carbocycles. The van der Waals surface area contributed by atoms with E-state index in [-0.39, 0.29) is 0 Å². The second kappa shape index (κ2) is 2.81. The molecule has 0 radical (unpaired) electrons. The number of carboxylic acids is 1. The highest BCUT2D eigenvalue weighted by molar-refractivity contribution is 5.75. The molecule has 0 amide bonds. The Morgan fingerprint density at radius 2 is 2.36 bits per heavy atom. The first-order valence-corrected chi connectivity index (χ1v) is 4.02. The Kier molecular flexibility index (Phi) is 2.18. The predicted molar refractivity (Wildman–Crippen MR) is 40.2 cm³/mol. The van der Waals surface area contributed by atoms with Crippen LogP contribution in [0.1, 0.15) is 32.6 Å². The third-order valence-electron chi connectivity index (χ3n) is 2.71. The molecule has 2 atom stereocenters.